The second kappa shape index (κ2) is 2.07. The molecule has 1 radical (unpaired) electrons. The molecule has 1 heterocycles. The Morgan fingerprint density at radius 3 is 2.38 bits per heavy atom. The molecule has 1 aliphatic heterocycles. The lowest BCUT2D eigenvalue weighted by Crippen LogP contribution is -1.82. The summed E-state index contributed by atoms with van der Waals surface area (Å²) in [4.78, 5) is 0. The van der Waals surface area contributed by atoms with Crippen molar-refractivity contribution in [3.8, 4) is 0 Å². The topological polar surface area (TPSA) is 26.5 Å². The fourth-order valence-corrected chi connectivity index (χ4v) is 0.798. The summed E-state index contributed by atoms with van der Waals surface area (Å²) in [5.74, 6) is 0. The van der Waals surface area contributed by atoms with Gasteiger partial charge < -0.3 is 0 Å². The van der Waals surface area contributed by atoms with Gasteiger partial charge in [0, 0.05) is 0 Å². The number of rotatable bonds is 0. The summed E-state index contributed by atoms with van der Waals surface area (Å²) >= 11 is 8.73. The molecule has 1 rings (SSSR count). The van der Waals surface area contributed by atoms with Crippen LogP contribution in [0.2, 0.25) is 0 Å². The van der Waals surface area contributed by atoms with Crippen molar-refractivity contribution in [2.75, 3.05) is 0 Å². The Balaban J connectivity index is 2.88. The Kier molecular flexibility index (Phi) is 1.58. The van der Waals surface area contributed by atoms with E-state index in [1.54, 1.807) is 6.92 Å². The molecule has 43 valence electrons. The van der Waals surface area contributed by atoms with Crippen LogP contribution in [0.1, 0.15) is 6.92 Å². The Morgan fingerprint density at radius 2 is 2.25 bits per heavy atom. The van der Waals surface area contributed by atoms with Crippen LogP contribution in [0.25, 0.3) is 0 Å². The van der Waals surface area contributed by atoms with Crippen LogP contribution in [0.4, 0.5) is 0 Å². The normalized spacial score (nSPS) is 18.6. The van der Waals surface area contributed by atoms with Gasteiger partial charge in [-0.05, 0) is 22.9 Å². The van der Waals surface area contributed by atoms with E-state index in [4.69, 9.17) is 11.6 Å². The third-order valence-electron chi connectivity index (χ3n) is 0.787. The van der Waals surface area contributed by atoms with Gasteiger partial charge in [-0.25, -0.2) is 0 Å². The standard InChI is InChI=1S/C4H3BrClN2/c1-2-3(6)4(5)8-7-2/h1H3. The molecule has 0 N–H and O–H groups in total. The first-order chi connectivity index (χ1) is 3.72. The van der Waals surface area contributed by atoms with E-state index in [0.29, 0.717) is 9.64 Å². The van der Waals surface area contributed by atoms with Gasteiger partial charge in [0.05, 0.1) is 10.7 Å². The zero-order valence-electron chi connectivity index (χ0n) is 4.15. The van der Waals surface area contributed by atoms with E-state index < -0.39 is 0 Å². The Morgan fingerprint density at radius 1 is 1.62 bits per heavy atom. The van der Waals surface area contributed by atoms with Crippen molar-refractivity contribution in [3.63, 3.8) is 0 Å². The molecule has 0 aromatic heterocycles. The molecule has 0 unspecified atom stereocenters. The third-order valence-corrected chi connectivity index (χ3v) is 2.02. The molecule has 8 heavy (non-hydrogen) atoms. The smallest absolute Gasteiger partial charge is 0.149 e. The molecule has 0 aromatic rings. The molecule has 0 aromatic carbocycles. The van der Waals surface area contributed by atoms with Gasteiger partial charge in [-0.15, -0.1) is 5.43 Å². The second-order valence-corrected chi connectivity index (χ2v) is 2.52. The van der Waals surface area contributed by atoms with Crippen molar-refractivity contribution < 1.29 is 0 Å². The molecule has 0 amide bonds. The van der Waals surface area contributed by atoms with E-state index in [2.05, 4.69) is 26.5 Å². The monoisotopic (exact) mass is 193 g/mol. The summed E-state index contributed by atoms with van der Waals surface area (Å²) < 4.78 is 0.622. The first-order valence-corrected chi connectivity index (χ1v) is 3.20. The number of halogens is 2. The largest absolute Gasteiger partial charge is 0.153 e. The Hall–Kier alpha value is -0.0200. The SMILES string of the molecule is CC1=N[N]C(Br)=C1Cl. The summed E-state index contributed by atoms with van der Waals surface area (Å²) in [7, 11) is 0. The lowest BCUT2D eigenvalue weighted by atomic mass is 10.4. The van der Waals surface area contributed by atoms with Gasteiger partial charge in [0.1, 0.15) is 4.61 Å². The highest BCUT2D eigenvalue weighted by Crippen LogP contribution is 2.20. The fraction of sp³-hybridized carbons (Fsp3) is 0.250. The van der Waals surface area contributed by atoms with Gasteiger partial charge in [-0.1, -0.05) is 11.6 Å². The molecule has 0 atom stereocenters. The summed E-state index contributed by atoms with van der Waals surface area (Å²) in [6.07, 6.45) is 0. The lowest BCUT2D eigenvalue weighted by molar-refractivity contribution is 0.958. The van der Waals surface area contributed by atoms with E-state index in [9.17, 15) is 0 Å². The van der Waals surface area contributed by atoms with E-state index in [1.165, 1.54) is 0 Å². The van der Waals surface area contributed by atoms with Crippen LogP contribution < -0.4 is 5.43 Å². The number of hydrogen-bond acceptors (Lipinski definition) is 1. The van der Waals surface area contributed by atoms with Gasteiger partial charge in [0.2, 0.25) is 0 Å². The summed E-state index contributed by atoms with van der Waals surface area (Å²) in [6.45, 7) is 1.81. The summed E-state index contributed by atoms with van der Waals surface area (Å²) in [5, 5.41) is 4.29. The number of allylic oxidation sites excluding steroid dienone is 1. The van der Waals surface area contributed by atoms with Gasteiger partial charge in [-0.3, -0.25) is 0 Å². The van der Waals surface area contributed by atoms with Crippen molar-refractivity contribution in [2.45, 2.75) is 6.92 Å². The van der Waals surface area contributed by atoms with Crippen molar-refractivity contribution >= 4 is 33.2 Å². The van der Waals surface area contributed by atoms with Gasteiger partial charge in [-0.2, -0.15) is 5.10 Å². The van der Waals surface area contributed by atoms with Crippen LogP contribution in [0.15, 0.2) is 14.7 Å². The van der Waals surface area contributed by atoms with Crippen molar-refractivity contribution in [3.05, 3.63) is 9.64 Å². The maximum atomic E-state index is 5.62. The molecule has 0 saturated heterocycles. The third kappa shape index (κ3) is 0.880. The van der Waals surface area contributed by atoms with Crippen LogP contribution in [-0.4, -0.2) is 5.71 Å². The van der Waals surface area contributed by atoms with E-state index in [1.807, 2.05) is 0 Å². The second-order valence-electron chi connectivity index (χ2n) is 1.39. The molecule has 0 spiro atoms. The lowest BCUT2D eigenvalue weighted by Gasteiger charge is -1.82. The zero-order valence-corrected chi connectivity index (χ0v) is 6.49. The predicted octanol–water partition coefficient (Wildman–Crippen LogP) is 1.78. The van der Waals surface area contributed by atoms with Crippen molar-refractivity contribution in [1.82, 2.24) is 5.43 Å². The minimum Gasteiger partial charge on any atom is -0.153 e. The van der Waals surface area contributed by atoms with E-state index in [0.717, 1.165) is 5.71 Å². The molecule has 1 aliphatic rings. The molecular formula is C4H3BrClN2. The molecule has 0 bridgehead atoms. The van der Waals surface area contributed by atoms with Crippen LogP contribution in [0.3, 0.4) is 0 Å². The van der Waals surface area contributed by atoms with Gasteiger partial charge in [0.15, 0.2) is 0 Å². The highest BCUT2D eigenvalue weighted by atomic mass is 79.9. The van der Waals surface area contributed by atoms with Gasteiger partial charge in [0.25, 0.3) is 0 Å². The maximum Gasteiger partial charge on any atom is 0.149 e. The quantitative estimate of drug-likeness (QED) is 0.526. The first kappa shape index (κ1) is 6.11. The molecule has 0 saturated carbocycles. The first-order valence-electron chi connectivity index (χ1n) is 2.03. The average Bonchev–Trinajstić information content (AvgIpc) is 1.98. The molecule has 4 heteroatoms. The Labute approximate surface area is 60.7 Å². The van der Waals surface area contributed by atoms with Crippen molar-refractivity contribution in [1.29, 1.82) is 0 Å². The van der Waals surface area contributed by atoms with E-state index >= 15 is 0 Å². The summed E-state index contributed by atoms with van der Waals surface area (Å²) in [5.41, 5.74) is 4.41. The molecular weight excluding hydrogens is 191 g/mol. The van der Waals surface area contributed by atoms with Gasteiger partial charge >= 0.3 is 0 Å². The fourth-order valence-electron chi connectivity index (χ4n) is 0.356. The Bertz CT molecular complexity index is 167. The number of nitrogens with zero attached hydrogens (tertiary/aromatic N) is 2. The van der Waals surface area contributed by atoms with Crippen LogP contribution in [-0.2, 0) is 0 Å². The molecule has 0 aliphatic carbocycles. The number of hydrogen-bond donors (Lipinski definition) is 0. The summed E-state index contributed by atoms with van der Waals surface area (Å²) in [6, 6.07) is 0. The van der Waals surface area contributed by atoms with Crippen LogP contribution in [0, 0.1) is 0 Å². The average molecular weight is 194 g/mol. The molecule has 2 nitrogen and oxygen atoms in total. The van der Waals surface area contributed by atoms with Crippen LogP contribution >= 0.6 is 27.5 Å². The highest BCUT2D eigenvalue weighted by molar-refractivity contribution is 9.11. The van der Waals surface area contributed by atoms with Crippen molar-refractivity contribution in [2.24, 2.45) is 5.10 Å². The minimum absolute atomic E-state index is 0.602. The van der Waals surface area contributed by atoms with Crippen LogP contribution in [0.5, 0.6) is 0 Å². The van der Waals surface area contributed by atoms with E-state index in [-0.39, 0.29) is 0 Å². The predicted molar refractivity (Wildman–Crippen MR) is 37.0 cm³/mol. The maximum absolute atomic E-state index is 5.62. The highest BCUT2D eigenvalue weighted by Gasteiger charge is 2.11. The molecule has 0 fully saturated rings. The minimum atomic E-state index is 0.602. The zero-order chi connectivity index (χ0) is 6.15.